The van der Waals surface area contributed by atoms with E-state index in [0.717, 1.165) is 46.5 Å². The molecule has 2 unspecified atom stereocenters. The van der Waals surface area contributed by atoms with Crippen molar-refractivity contribution in [3.63, 3.8) is 0 Å². The molecule has 3 aliphatic rings. The van der Waals surface area contributed by atoms with Crippen molar-refractivity contribution in [1.82, 2.24) is 19.6 Å². The number of likely N-dealkylation sites (N-methyl/N-ethyl adjacent to an activating group) is 1. The van der Waals surface area contributed by atoms with Crippen LogP contribution >= 0.6 is 23.2 Å². The van der Waals surface area contributed by atoms with E-state index in [4.69, 9.17) is 32.7 Å². The minimum absolute atomic E-state index is 0.0269. The molecule has 0 radical (unpaired) electrons. The van der Waals surface area contributed by atoms with E-state index in [2.05, 4.69) is 15.3 Å². The molecule has 2 N–H and O–H groups in total. The fourth-order valence-corrected chi connectivity index (χ4v) is 8.02. The van der Waals surface area contributed by atoms with Gasteiger partial charge in [0.25, 0.3) is 5.91 Å². The Morgan fingerprint density at radius 1 is 1.08 bits per heavy atom. The fraction of sp³-hybridized carbons (Fsp3) is 0.378. The molecule has 50 heavy (non-hydrogen) atoms. The lowest BCUT2D eigenvalue weighted by Crippen LogP contribution is -2.31. The first kappa shape index (κ1) is 34.3. The van der Waals surface area contributed by atoms with E-state index in [9.17, 15) is 14.7 Å². The molecule has 10 nitrogen and oxygen atoms in total. The van der Waals surface area contributed by atoms with Crippen molar-refractivity contribution in [2.45, 2.75) is 51.9 Å². The van der Waals surface area contributed by atoms with Crippen LogP contribution in [0.25, 0.3) is 11.1 Å². The number of aliphatic carboxylic acids is 1. The van der Waals surface area contributed by atoms with Crippen molar-refractivity contribution in [3.05, 3.63) is 92.0 Å². The zero-order chi connectivity index (χ0) is 35.3. The highest BCUT2D eigenvalue weighted by Gasteiger charge is 2.33. The maximum absolute atomic E-state index is 16.0. The molecule has 0 bridgehead atoms. The number of nitrogens with one attached hydrogen (secondary N) is 1. The molecule has 0 spiro atoms. The number of carbonyl (C=O) groups excluding carboxylic acids is 1. The molecule has 3 heterocycles. The van der Waals surface area contributed by atoms with E-state index in [1.807, 2.05) is 53.9 Å². The summed E-state index contributed by atoms with van der Waals surface area (Å²) in [4.78, 5) is 29.0. The predicted octanol–water partition coefficient (Wildman–Crippen LogP) is 6.98. The van der Waals surface area contributed by atoms with Crippen LogP contribution in [0.15, 0.2) is 42.5 Å². The summed E-state index contributed by atoms with van der Waals surface area (Å²) < 4.78 is 29.6. The summed E-state index contributed by atoms with van der Waals surface area (Å²) in [6.45, 7) is 4.74. The fourth-order valence-electron chi connectivity index (χ4n) is 7.48. The molecule has 1 amide bonds. The Kier molecular flexibility index (Phi) is 9.51. The predicted molar refractivity (Wildman–Crippen MR) is 189 cm³/mol. The van der Waals surface area contributed by atoms with Crippen LogP contribution < -0.4 is 14.8 Å². The van der Waals surface area contributed by atoms with E-state index in [0.29, 0.717) is 67.5 Å². The molecule has 7 rings (SSSR count). The first-order valence-electron chi connectivity index (χ1n) is 16.7. The summed E-state index contributed by atoms with van der Waals surface area (Å²) in [6.07, 6.45) is 2.14. The first-order valence-corrected chi connectivity index (χ1v) is 17.4. The summed E-state index contributed by atoms with van der Waals surface area (Å²) in [5.74, 6) is -2.36. The summed E-state index contributed by atoms with van der Waals surface area (Å²) in [5.41, 5.74) is 6.91. The third-order valence-corrected chi connectivity index (χ3v) is 10.8. The Morgan fingerprint density at radius 2 is 1.86 bits per heavy atom. The van der Waals surface area contributed by atoms with Crippen LogP contribution in [0.1, 0.15) is 57.4 Å². The number of nitrogens with zero attached hydrogens (tertiary/aromatic N) is 4. The SMILES string of the molecule is COc1c(CN2CCC(C(=O)O)C2)cc(Cl)c(OC2CCc3c(-c4cccc(NC(=O)c5nn6c(c5C)CCN(C)C6)c4Cl)cccc32)c1F. The Balaban J connectivity index is 1.12. The van der Waals surface area contributed by atoms with Gasteiger partial charge in [0.05, 0.1) is 35.4 Å². The molecule has 262 valence electrons. The summed E-state index contributed by atoms with van der Waals surface area (Å²) in [6, 6.07) is 13.0. The lowest BCUT2D eigenvalue weighted by Gasteiger charge is -2.23. The minimum atomic E-state index is -0.832. The van der Waals surface area contributed by atoms with Crippen LogP contribution in [0, 0.1) is 18.7 Å². The number of aromatic nitrogens is 2. The maximum Gasteiger partial charge on any atom is 0.307 e. The normalized spacial score (nSPS) is 18.9. The highest BCUT2D eigenvalue weighted by atomic mass is 35.5. The van der Waals surface area contributed by atoms with Crippen molar-refractivity contribution >= 4 is 40.8 Å². The van der Waals surface area contributed by atoms with Crippen molar-refractivity contribution in [3.8, 4) is 22.6 Å². The van der Waals surface area contributed by atoms with Crippen LogP contribution in [0.5, 0.6) is 11.5 Å². The topological polar surface area (TPSA) is 109 Å². The number of halogens is 3. The van der Waals surface area contributed by atoms with E-state index >= 15 is 4.39 Å². The summed E-state index contributed by atoms with van der Waals surface area (Å²) in [5, 5.41) is 17.5. The molecule has 1 fully saturated rings. The molecular weight excluding hydrogens is 684 g/mol. The van der Waals surface area contributed by atoms with Gasteiger partial charge < -0.3 is 19.9 Å². The maximum atomic E-state index is 16.0. The third-order valence-electron chi connectivity index (χ3n) is 10.1. The first-order chi connectivity index (χ1) is 24.0. The number of carboxylic acids is 1. The minimum Gasteiger partial charge on any atom is -0.493 e. The van der Waals surface area contributed by atoms with E-state index < -0.39 is 23.8 Å². The van der Waals surface area contributed by atoms with Crippen molar-refractivity contribution in [1.29, 1.82) is 0 Å². The number of benzene rings is 3. The second kappa shape index (κ2) is 13.9. The van der Waals surface area contributed by atoms with Crippen LogP contribution in [0.3, 0.4) is 0 Å². The molecule has 0 saturated carbocycles. The van der Waals surface area contributed by atoms with Gasteiger partial charge in [0.2, 0.25) is 5.82 Å². The second-order valence-electron chi connectivity index (χ2n) is 13.3. The lowest BCUT2D eigenvalue weighted by molar-refractivity contribution is -0.141. The number of carboxylic acid groups (broad SMARTS) is 1. The highest BCUT2D eigenvalue weighted by molar-refractivity contribution is 6.36. The van der Waals surface area contributed by atoms with E-state index in [1.165, 1.54) is 7.11 Å². The Hall–Kier alpha value is -4.16. The highest BCUT2D eigenvalue weighted by Crippen LogP contribution is 2.46. The Labute approximate surface area is 299 Å². The number of ether oxygens (including phenoxy) is 2. The number of rotatable bonds is 9. The third kappa shape index (κ3) is 6.32. The van der Waals surface area contributed by atoms with Gasteiger partial charge in [0.15, 0.2) is 17.2 Å². The molecule has 3 aromatic carbocycles. The van der Waals surface area contributed by atoms with Gasteiger partial charge in [-0.3, -0.25) is 24.1 Å². The van der Waals surface area contributed by atoms with Crippen molar-refractivity contribution in [2.75, 3.05) is 39.1 Å². The van der Waals surface area contributed by atoms with Gasteiger partial charge in [-0.2, -0.15) is 9.49 Å². The van der Waals surface area contributed by atoms with Gasteiger partial charge in [0, 0.05) is 48.4 Å². The van der Waals surface area contributed by atoms with Gasteiger partial charge in [0.1, 0.15) is 6.10 Å². The van der Waals surface area contributed by atoms with Crippen molar-refractivity contribution in [2.24, 2.45) is 5.92 Å². The van der Waals surface area contributed by atoms with Crippen LogP contribution in [0.4, 0.5) is 10.1 Å². The lowest BCUT2D eigenvalue weighted by atomic mass is 9.96. The Morgan fingerprint density at radius 3 is 2.62 bits per heavy atom. The second-order valence-corrected chi connectivity index (χ2v) is 14.1. The average Bonchev–Trinajstić information content (AvgIpc) is 3.81. The van der Waals surface area contributed by atoms with Crippen LogP contribution in [-0.4, -0.2) is 70.4 Å². The zero-order valence-electron chi connectivity index (χ0n) is 28.1. The number of carbonyl (C=O) groups is 2. The Bertz CT molecular complexity index is 2000. The number of likely N-dealkylation sites (tertiary alicyclic amines) is 1. The molecule has 2 atom stereocenters. The average molecular weight is 723 g/mol. The molecule has 1 aliphatic carbocycles. The number of hydrogen-bond donors (Lipinski definition) is 2. The smallest absolute Gasteiger partial charge is 0.307 e. The zero-order valence-corrected chi connectivity index (χ0v) is 29.6. The van der Waals surface area contributed by atoms with Gasteiger partial charge in [-0.05, 0) is 68.6 Å². The standard InChI is InChI=1S/C37H38Cl2FN5O5/c1-20-29-13-14-43(2)19-45(29)42-33(20)36(46)41-28-9-5-8-26(31(28)39)23-6-4-7-25-24(23)10-11-30(25)50-35-27(38)16-22(34(49-3)32(35)40)18-44-15-12-21(17-44)37(47)48/h4-9,16,21,30H,10-15,17-19H2,1-3H3,(H,41,46)(H,47,48). The molecule has 1 saturated heterocycles. The number of methoxy groups -OCH3 is 1. The quantitative estimate of drug-likeness (QED) is 0.191. The summed E-state index contributed by atoms with van der Waals surface area (Å²) >= 11 is 13.6. The molecule has 4 aromatic rings. The van der Waals surface area contributed by atoms with Crippen LogP contribution in [-0.2, 0) is 30.8 Å². The number of amides is 1. The molecular formula is C37H38Cl2FN5O5. The number of hydrogen-bond acceptors (Lipinski definition) is 7. The van der Waals surface area contributed by atoms with Gasteiger partial charge in [-0.25, -0.2) is 0 Å². The molecule has 2 aliphatic heterocycles. The number of anilines is 1. The van der Waals surface area contributed by atoms with E-state index in [1.54, 1.807) is 12.1 Å². The van der Waals surface area contributed by atoms with E-state index in [-0.39, 0.29) is 22.4 Å². The molecule has 1 aromatic heterocycles. The summed E-state index contributed by atoms with van der Waals surface area (Å²) in [7, 11) is 3.42. The van der Waals surface area contributed by atoms with Crippen LogP contribution in [0.2, 0.25) is 10.0 Å². The van der Waals surface area contributed by atoms with Gasteiger partial charge >= 0.3 is 5.97 Å². The largest absolute Gasteiger partial charge is 0.493 e. The molecule has 13 heteroatoms. The van der Waals surface area contributed by atoms with Gasteiger partial charge in [-0.15, -0.1) is 0 Å². The monoisotopic (exact) mass is 721 g/mol. The van der Waals surface area contributed by atoms with Gasteiger partial charge in [-0.1, -0.05) is 53.5 Å². The van der Waals surface area contributed by atoms with Crippen molar-refractivity contribution < 1.29 is 28.6 Å². The number of fused-ring (bicyclic) bond motifs is 2.